The van der Waals surface area contributed by atoms with Gasteiger partial charge in [-0.25, -0.2) is 24.3 Å². The van der Waals surface area contributed by atoms with Crippen LogP contribution in [0.15, 0.2) is 54.6 Å². The first-order valence-corrected chi connectivity index (χ1v) is 5.49. The Morgan fingerprint density at radius 1 is 1.06 bits per heavy atom. The molecule has 0 bridgehead atoms. The third-order valence-electron chi connectivity index (χ3n) is 2.26. The molecule has 17 heavy (non-hydrogen) atoms. The Balaban J connectivity index is 0.000000360. The van der Waals surface area contributed by atoms with E-state index in [2.05, 4.69) is 0 Å². The Morgan fingerprint density at radius 2 is 1.65 bits per heavy atom. The van der Waals surface area contributed by atoms with Crippen LogP contribution in [0.5, 0.6) is 0 Å². The first-order valence-electron chi connectivity index (χ1n) is 5.49. The Hall–Kier alpha value is -0.861. The van der Waals surface area contributed by atoms with Crippen LogP contribution in [0.1, 0.15) is 12.0 Å². The average Bonchev–Trinajstić information content (AvgIpc) is 3.00. The molecule has 2 nitrogen and oxygen atoms in total. The third-order valence-corrected chi connectivity index (χ3v) is 2.26. The summed E-state index contributed by atoms with van der Waals surface area (Å²) in [5.74, 6) is 0. The van der Waals surface area contributed by atoms with E-state index in [0.29, 0.717) is 6.42 Å². The zero-order valence-corrected chi connectivity index (χ0v) is 10.7. The average molecular weight is 274 g/mol. The Labute approximate surface area is 113 Å². The van der Waals surface area contributed by atoms with Crippen LogP contribution in [-0.4, -0.2) is 22.9 Å². The molecule has 0 radical (unpaired) electrons. The van der Waals surface area contributed by atoms with Crippen molar-refractivity contribution in [3.05, 3.63) is 60.2 Å². The van der Waals surface area contributed by atoms with Crippen molar-refractivity contribution in [1.82, 2.24) is 0 Å². The van der Waals surface area contributed by atoms with Crippen LogP contribution in [0.2, 0.25) is 0 Å². The molecule has 2 aromatic carbocycles. The summed E-state index contributed by atoms with van der Waals surface area (Å²) in [6.45, 7) is -0.138. The van der Waals surface area contributed by atoms with Crippen LogP contribution in [0.4, 0.5) is 0 Å². The minimum atomic E-state index is -0.565. The summed E-state index contributed by atoms with van der Waals surface area (Å²) in [5, 5.41) is 17.5. The maximum Gasteiger partial charge on any atom is 0.0764 e. The fourth-order valence-corrected chi connectivity index (χ4v) is 1.33. The van der Waals surface area contributed by atoms with E-state index in [9.17, 15) is 0 Å². The van der Waals surface area contributed by atoms with Gasteiger partial charge < -0.3 is 10.2 Å². The molecule has 96 valence electrons. The van der Waals surface area contributed by atoms with Crippen LogP contribution in [0.25, 0.3) is 0 Å². The molecule has 0 aliphatic rings. The third kappa shape index (κ3) is 7.94. The van der Waals surface area contributed by atoms with Gasteiger partial charge in [-0.3, -0.25) is 0 Å². The Bertz CT molecular complexity index is 310. The summed E-state index contributed by atoms with van der Waals surface area (Å²) in [6, 6.07) is 18.0. The van der Waals surface area contributed by atoms with Crippen molar-refractivity contribution in [2.45, 2.75) is 18.9 Å². The number of aryl methyl sites for hydroxylation is 1. The van der Waals surface area contributed by atoms with Crippen molar-refractivity contribution in [2.24, 2.45) is 0 Å². The Kier molecular flexibility index (Phi) is 9.78. The predicted molar refractivity (Wildman–Crippen MR) is 65.5 cm³/mol. The van der Waals surface area contributed by atoms with Crippen LogP contribution in [-0.2, 0) is 23.5 Å². The molecular weight excluding hydrogens is 256 g/mol. The molecule has 2 aromatic rings. The molecular formula is C14H18FeO2-2. The number of aliphatic hydroxyl groups is 2. The van der Waals surface area contributed by atoms with E-state index in [1.54, 1.807) is 0 Å². The second-order valence-electron chi connectivity index (χ2n) is 3.63. The molecule has 0 spiro atoms. The maximum atomic E-state index is 9.01. The fourth-order valence-electron chi connectivity index (χ4n) is 1.33. The van der Waals surface area contributed by atoms with Crippen LogP contribution in [0.3, 0.4) is 0 Å². The molecule has 0 aliphatic carbocycles. The number of hydrogen-bond donors (Lipinski definition) is 2. The predicted octanol–water partition coefficient (Wildman–Crippen LogP) is 2.09. The van der Waals surface area contributed by atoms with Gasteiger partial charge in [0.1, 0.15) is 0 Å². The summed E-state index contributed by atoms with van der Waals surface area (Å²) < 4.78 is 0. The van der Waals surface area contributed by atoms with E-state index in [4.69, 9.17) is 10.2 Å². The molecule has 0 saturated carbocycles. The zero-order chi connectivity index (χ0) is 11.6. The summed E-state index contributed by atoms with van der Waals surface area (Å²) in [4.78, 5) is 0. The molecule has 3 heteroatoms. The largest absolute Gasteiger partial charge is 0.394 e. The van der Waals surface area contributed by atoms with Gasteiger partial charge >= 0.3 is 0 Å². The van der Waals surface area contributed by atoms with E-state index in [1.807, 2.05) is 54.6 Å². The van der Waals surface area contributed by atoms with Gasteiger partial charge in [0.25, 0.3) is 0 Å². The summed E-state index contributed by atoms with van der Waals surface area (Å²) in [5.41, 5.74) is 1.22. The first kappa shape index (κ1) is 16.1. The molecule has 0 amide bonds. The summed E-state index contributed by atoms with van der Waals surface area (Å²) >= 11 is 0. The quantitative estimate of drug-likeness (QED) is 0.662. The first-order chi connectivity index (χ1) is 7.83. The van der Waals surface area contributed by atoms with Gasteiger partial charge in [0.2, 0.25) is 0 Å². The van der Waals surface area contributed by atoms with E-state index in [1.165, 1.54) is 5.56 Å². The van der Waals surface area contributed by atoms with Crippen molar-refractivity contribution in [1.29, 1.82) is 0 Å². The number of hydrogen-bond acceptors (Lipinski definition) is 2. The smallest absolute Gasteiger partial charge is 0.0764 e. The van der Waals surface area contributed by atoms with Gasteiger partial charge in [-0.05, 0) is 6.42 Å². The molecule has 0 aliphatic heterocycles. The van der Waals surface area contributed by atoms with Gasteiger partial charge in [-0.15, -0.1) is 0 Å². The fraction of sp³-hybridized carbons (Fsp3) is 0.286. The molecule has 0 heterocycles. The normalized spacial score (nSPS) is 10.9. The van der Waals surface area contributed by atoms with Crippen molar-refractivity contribution in [3.8, 4) is 0 Å². The molecule has 2 N–H and O–H groups in total. The summed E-state index contributed by atoms with van der Waals surface area (Å²) in [6.07, 6.45) is 0.916. The molecule has 0 saturated heterocycles. The molecule has 0 aromatic heterocycles. The van der Waals surface area contributed by atoms with Crippen molar-refractivity contribution in [2.75, 3.05) is 6.61 Å². The van der Waals surface area contributed by atoms with Crippen molar-refractivity contribution >= 4 is 0 Å². The van der Waals surface area contributed by atoms with E-state index in [0.717, 1.165) is 6.42 Å². The van der Waals surface area contributed by atoms with Crippen LogP contribution >= 0.6 is 0 Å². The van der Waals surface area contributed by atoms with Crippen LogP contribution < -0.4 is 0 Å². The van der Waals surface area contributed by atoms with Gasteiger partial charge in [0.15, 0.2) is 0 Å². The second kappa shape index (κ2) is 10.3. The minimum absolute atomic E-state index is 0. The van der Waals surface area contributed by atoms with Gasteiger partial charge in [-0.2, -0.15) is 35.9 Å². The van der Waals surface area contributed by atoms with E-state index in [-0.39, 0.29) is 23.7 Å². The SMILES string of the molecule is OCC(O)CC[c-]1cccc1.[Fe].c1cc[cH-]c1. The standard InChI is InChI=1S/C9H13O2.C5H5.Fe/c10-7-9(11)6-5-8-3-1-2-4-8;1-2-4-5-3-1;/h1-4,9-11H,5-7H2;1-5H;/q2*-1;. The topological polar surface area (TPSA) is 40.5 Å². The maximum absolute atomic E-state index is 9.01. The van der Waals surface area contributed by atoms with E-state index < -0.39 is 6.10 Å². The molecule has 1 unspecified atom stereocenters. The monoisotopic (exact) mass is 274 g/mol. The number of rotatable bonds is 4. The molecule has 0 fully saturated rings. The van der Waals surface area contributed by atoms with E-state index >= 15 is 0 Å². The zero-order valence-electron chi connectivity index (χ0n) is 9.64. The Morgan fingerprint density at radius 3 is 2.06 bits per heavy atom. The number of aliphatic hydroxyl groups excluding tert-OH is 2. The second-order valence-corrected chi connectivity index (χ2v) is 3.63. The molecule has 2 rings (SSSR count). The van der Waals surface area contributed by atoms with Gasteiger partial charge in [0, 0.05) is 17.1 Å². The summed E-state index contributed by atoms with van der Waals surface area (Å²) in [7, 11) is 0. The van der Waals surface area contributed by atoms with Crippen molar-refractivity contribution < 1.29 is 27.3 Å². The molecule has 1 atom stereocenters. The van der Waals surface area contributed by atoms with Gasteiger partial charge in [-0.1, -0.05) is 6.42 Å². The van der Waals surface area contributed by atoms with Crippen molar-refractivity contribution in [3.63, 3.8) is 0 Å². The minimum Gasteiger partial charge on any atom is -0.394 e. The van der Waals surface area contributed by atoms with Crippen LogP contribution in [0, 0.1) is 0 Å². The van der Waals surface area contributed by atoms with Gasteiger partial charge in [0.05, 0.1) is 12.7 Å².